The molecule has 4 heteroatoms. The predicted octanol–water partition coefficient (Wildman–Crippen LogP) is 1.21. The molecular formula is C11H19NO3. The van der Waals surface area contributed by atoms with Gasteiger partial charge in [0, 0.05) is 19.5 Å². The summed E-state index contributed by atoms with van der Waals surface area (Å²) in [5.74, 6) is -1.37. The van der Waals surface area contributed by atoms with Crippen molar-refractivity contribution < 1.29 is 14.7 Å². The third-order valence-electron chi connectivity index (χ3n) is 3.13. The van der Waals surface area contributed by atoms with E-state index in [4.69, 9.17) is 5.11 Å². The highest BCUT2D eigenvalue weighted by molar-refractivity contribution is 5.84. The predicted molar refractivity (Wildman–Crippen MR) is 56.3 cm³/mol. The third kappa shape index (κ3) is 3.22. The van der Waals surface area contributed by atoms with Gasteiger partial charge in [-0.25, -0.2) is 0 Å². The molecule has 1 aliphatic rings. The van der Waals surface area contributed by atoms with E-state index in [0.29, 0.717) is 5.92 Å². The van der Waals surface area contributed by atoms with Crippen molar-refractivity contribution in [3.63, 3.8) is 0 Å². The van der Waals surface area contributed by atoms with Gasteiger partial charge in [0.15, 0.2) is 0 Å². The smallest absolute Gasteiger partial charge is 0.307 e. The third-order valence-corrected chi connectivity index (χ3v) is 3.13. The van der Waals surface area contributed by atoms with E-state index in [1.54, 1.807) is 25.8 Å². The molecule has 0 spiro atoms. The molecule has 86 valence electrons. The van der Waals surface area contributed by atoms with Crippen molar-refractivity contribution in [3.05, 3.63) is 0 Å². The Balaban J connectivity index is 2.46. The van der Waals surface area contributed by atoms with Gasteiger partial charge in [0.1, 0.15) is 0 Å². The maximum absolute atomic E-state index is 11.8. The standard InChI is InChI=1S/C11H19NO3/c1-7(8(2)11(14)15)10(13)12(3)6-9-4-5-9/h7-9H,4-6H2,1-3H3,(H,14,15). The molecule has 0 saturated heterocycles. The Morgan fingerprint density at radius 3 is 2.27 bits per heavy atom. The number of aliphatic carboxylic acids is 1. The minimum Gasteiger partial charge on any atom is -0.481 e. The van der Waals surface area contributed by atoms with E-state index in [2.05, 4.69) is 0 Å². The molecule has 15 heavy (non-hydrogen) atoms. The van der Waals surface area contributed by atoms with Crippen LogP contribution in [-0.2, 0) is 9.59 Å². The van der Waals surface area contributed by atoms with E-state index in [0.717, 1.165) is 6.54 Å². The molecule has 1 amide bonds. The lowest BCUT2D eigenvalue weighted by molar-refractivity contribution is -0.148. The zero-order valence-corrected chi connectivity index (χ0v) is 9.56. The molecule has 1 N–H and O–H groups in total. The summed E-state index contributed by atoms with van der Waals surface area (Å²) in [6.07, 6.45) is 2.39. The van der Waals surface area contributed by atoms with Crippen LogP contribution in [0.5, 0.6) is 0 Å². The van der Waals surface area contributed by atoms with Crippen LogP contribution in [0.2, 0.25) is 0 Å². The normalized spacial score (nSPS) is 19.4. The highest BCUT2D eigenvalue weighted by Crippen LogP contribution is 2.30. The summed E-state index contributed by atoms with van der Waals surface area (Å²) in [5, 5.41) is 8.81. The van der Waals surface area contributed by atoms with Gasteiger partial charge in [-0.15, -0.1) is 0 Å². The van der Waals surface area contributed by atoms with Crippen molar-refractivity contribution in [3.8, 4) is 0 Å². The zero-order chi connectivity index (χ0) is 11.6. The molecule has 0 bridgehead atoms. The molecule has 0 heterocycles. The van der Waals surface area contributed by atoms with E-state index < -0.39 is 17.8 Å². The van der Waals surface area contributed by atoms with Gasteiger partial charge in [-0.05, 0) is 18.8 Å². The highest BCUT2D eigenvalue weighted by atomic mass is 16.4. The van der Waals surface area contributed by atoms with Crippen molar-refractivity contribution >= 4 is 11.9 Å². The second kappa shape index (κ2) is 4.64. The van der Waals surface area contributed by atoms with Crippen molar-refractivity contribution in [2.75, 3.05) is 13.6 Å². The van der Waals surface area contributed by atoms with Crippen molar-refractivity contribution in [1.29, 1.82) is 0 Å². The Labute approximate surface area is 90.3 Å². The Kier molecular flexibility index (Phi) is 3.72. The summed E-state index contributed by atoms with van der Waals surface area (Å²) in [5.41, 5.74) is 0. The number of hydrogen-bond acceptors (Lipinski definition) is 2. The number of nitrogens with zero attached hydrogens (tertiary/aromatic N) is 1. The number of rotatable bonds is 5. The first-order chi connectivity index (χ1) is 6.93. The zero-order valence-electron chi connectivity index (χ0n) is 9.56. The number of carbonyl (C=O) groups excluding carboxylic acids is 1. The van der Waals surface area contributed by atoms with E-state index in [9.17, 15) is 9.59 Å². The van der Waals surface area contributed by atoms with E-state index in [1.165, 1.54) is 12.8 Å². The van der Waals surface area contributed by atoms with E-state index >= 15 is 0 Å². The summed E-state index contributed by atoms with van der Waals surface area (Å²) in [6, 6.07) is 0. The molecule has 1 rings (SSSR count). The average Bonchev–Trinajstić information content (AvgIpc) is 2.97. The SMILES string of the molecule is CC(C(=O)O)C(C)C(=O)N(C)CC1CC1. The van der Waals surface area contributed by atoms with Crippen molar-refractivity contribution in [2.24, 2.45) is 17.8 Å². The Bertz CT molecular complexity index is 261. The molecule has 0 aliphatic heterocycles. The second-order valence-corrected chi connectivity index (χ2v) is 4.58. The molecule has 0 aromatic rings. The first kappa shape index (κ1) is 12.0. The van der Waals surface area contributed by atoms with E-state index in [-0.39, 0.29) is 5.91 Å². The fourth-order valence-corrected chi connectivity index (χ4v) is 1.55. The van der Waals surface area contributed by atoms with Gasteiger partial charge in [0.05, 0.1) is 5.92 Å². The summed E-state index contributed by atoms with van der Waals surface area (Å²) >= 11 is 0. The molecule has 1 saturated carbocycles. The molecular weight excluding hydrogens is 194 g/mol. The molecule has 1 fully saturated rings. The monoisotopic (exact) mass is 213 g/mol. The second-order valence-electron chi connectivity index (χ2n) is 4.58. The number of carboxylic acids is 1. The van der Waals surface area contributed by atoms with Gasteiger partial charge in [-0.2, -0.15) is 0 Å². The largest absolute Gasteiger partial charge is 0.481 e. The minimum atomic E-state index is -0.907. The average molecular weight is 213 g/mol. The lowest BCUT2D eigenvalue weighted by Gasteiger charge is -2.23. The maximum atomic E-state index is 11.8. The van der Waals surface area contributed by atoms with Gasteiger partial charge in [0.25, 0.3) is 0 Å². The van der Waals surface area contributed by atoms with Gasteiger partial charge in [0.2, 0.25) is 5.91 Å². The number of amides is 1. The molecule has 4 nitrogen and oxygen atoms in total. The van der Waals surface area contributed by atoms with Crippen molar-refractivity contribution in [1.82, 2.24) is 4.90 Å². The van der Waals surface area contributed by atoms with Crippen LogP contribution in [0.15, 0.2) is 0 Å². The van der Waals surface area contributed by atoms with Crippen molar-refractivity contribution in [2.45, 2.75) is 26.7 Å². The van der Waals surface area contributed by atoms with Crippen LogP contribution in [0.25, 0.3) is 0 Å². The summed E-state index contributed by atoms with van der Waals surface area (Å²) in [4.78, 5) is 24.2. The number of hydrogen-bond donors (Lipinski definition) is 1. The van der Waals surface area contributed by atoms with Crippen LogP contribution in [0.4, 0.5) is 0 Å². The van der Waals surface area contributed by atoms with Crippen LogP contribution < -0.4 is 0 Å². The van der Waals surface area contributed by atoms with Gasteiger partial charge < -0.3 is 10.0 Å². The minimum absolute atomic E-state index is 0.0585. The molecule has 2 atom stereocenters. The lowest BCUT2D eigenvalue weighted by atomic mass is 9.95. The van der Waals surface area contributed by atoms with Crippen LogP contribution >= 0.6 is 0 Å². The van der Waals surface area contributed by atoms with Crippen LogP contribution in [0.1, 0.15) is 26.7 Å². The maximum Gasteiger partial charge on any atom is 0.307 e. The van der Waals surface area contributed by atoms with Crippen LogP contribution in [-0.4, -0.2) is 35.5 Å². The molecule has 0 radical (unpaired) electrons. The summed E-state index contributed by atoms with van der Waals surface area (Å²) in [6.45, 7) is 4.04. The fourth-order valence-electron chi connectivity index (χ4n) is 1.55. The quantitative estimate of drug-likeness (QED) is 0.746. The van der Waals surface area contributed by atoms with Gasteiger partial charge in [-0.1, -0.05) is 13.8 Å². The molecule has 2 unspecified atom stereocenters. The Morgan fingerprint density at radius 2 is 1.87 bits per heavy atom. The number of carboxylic acid groups (broad SMARTS) is 1. The van der Waals surface area contributed by atoms with Gasteiger partial charge in [-0.3, -0.25) is 9.59 Å². The Morgan fingerprint density at radius 1 is 1.33 bits per heavy atom. The first-order valence-corrected chi connectivity index (χ1v) is 5.41. The van der Waals surface area contributed by atoms with Crippen LogP contribution in [0.3, 0.4) is 0 Å². The summed E-state index contributed by atoms with van der Waals surface area (Å²) in [7, 11) is 1.76. The topological polar surface area (TPSA) is 57.6 Å². The highest BCUT2D eigenvalue weighted by Gasteiger charge is 2.31. The fraction of sp³-hybridized carbons (Fsp3) is 0.818. The van der Waals surface area contributed by atoms with E-state index in [1.807, 2.05) is 0 Å². The molecule has 0 aromatic heterocycles. The summed E-state index contributed by atoms with van der Waals surface area (Å²) < 4.78 is 0. The Hall–Kier alpha value is -1.06. The molecule has 0 aromatic carbocycles. The number of carbonyl (C=O) groups is 2. The molecule has 1 aliphatic carbocycles. The first-order valence-electron chi connectivity index (χ1n) is 5.41. The van der Waals surface area contributed by atoms with Gasteiger partial charge >= 0.3 is 5.97 Å². The lowest BCUT2D eigenvalue weighted by Crippen LogP contribution is -2.37. The van der Waals surface area contributed by atoms with Crippen LogP contribution in [0, 0.1) is 17.8 Å².